The molecule has 2 heteroatoms. The Balaban J connectivity index is 2.88. The SMILES string of the molecule is Cc1ccnc([C@H](N)C(C)C)c1. The van der Waals surface area contributed by atoms with Gasteiger partial charge in [0.05, 0.1) is 5.69 Å². The number of nitrogens with zero attached hydrogens (tertiary/aromatic N) is 1. The van der Waals surface area contributed by atoms with Crippen molar-refractivity contribution in [2.45, 2.75) is 26.8 Å². The molecule has 1 atom stereocenters. The minimum Gasteiger partial charge on any atom is -0.322 e. The van der Waals surface area contributed by atoms with Crippen molar-refractivity contribution in [2.75, 3.05) is 0 Å². The summed E-state index contributed by atoms with van der Waals surface area (Å²) in [4.78, 5) is 4.24. The summed E-state index contributed by atoms with van der Waals surface area (Å²) in [5.74, 6) is 0.444. The summed E-state index contributed by atoms with van der Waals surface area (Å²) in [6, 6.07) is 4.09. The highest BCUT2D eigenvalue weighted by atomic mass is 14.8. The largest absolute Gasteiger partial charge is 0.322 e. The van der Waals surface area contributed by atoms with Crippen LogP contribution < -0.4 is 5.73 Å². The van der Waals surface area contributed by atoms with Crippen LogP contribution >= 0.6 is 0 Å². The first kappa shape index (κ1) is 9.20. The van der Waals surface area contributed by atoms with Gasteiger partial charge in [0.2, 0.25) is 0 Å². The molecular weight excluding hydrogens is 148 g/mol. The summed E-state index contributed by atoms with van der Waals surface area (Å²) in [6.07, 6.45) is 1.81. The molecule has 2 N–H and O–H groups in total. The van der Waals surface area contributed by atoms with Crippen LogP contribution in [0.4, 0.5) is 0 Å². The van der Waals surface area contributed by atoms with Crippen LogP contribution in [0.3, 0.4) is 0 Å². The fourth-order valence-corrected chi connectivity index (χ4v) is 1.08. The molecule has 0 saturated carbocycles. The fourth-order valence-electron chi connectivity index (χ4n) is 1.08. The van der Waals surface area contributed by atoms with Gasteiger partial charge in [-0.3, -0.25) is 4.98 Å². The summed E-state index contributed by atoms with van der Waals surface area (Å²) < 4.78 is 0. The standard InChI is InChI=1S/C10H16N2/c1-7(2)10(11)9-6-8(3)4-5-12-9/h4-7,10H,11H2,1-3H3/t10-/m1/s1. The van der Waals surface area contributed by atoms with E-state index in [9.17, 15) is 0 Å². The van der Waals surface area contributed by atoms with E-state index in [0.29, 0.717) is 5.92 Å². The normalized spacial score (nSPS) is 13.4. The minimum absolute atomic E-state index is 0.0601. The Kier molecular flexibility index (Phi) is 2.82. The van der Waals surface area contributed by atoms with E-state index in [2.05, 4.69) is 25.8 Å². The lowest BCUT2D eigenvalue weighted by atomic mass is 10.0. The molecule has 0 fully saturated rings. The highest BCUT2D eigenvalue weighted by molar-refractivity contribution is 5.17. The lowest BCUT2D eigenvalue weighted by molar-refractivity contribution is 0.503. The van der Waals surface area contributed by atoms with Gasteiger partial charge in [-0.1, -0.05) is 13.8 Å². The number of rotatable bonds is 2. The Bertz CT molecular complexity index is 256. The van der Waals surface area contributed by atoms with Crippen molar-refractivity contribution >= 4 is 0 Å². The molecule has 0 amide bonds. The predicted octanol–water partition coefficient (Wildman–Crippen LogP) is 2.05. The minimum atomic E-state index is 0.0601. The maximum absolute atomic E-state index is 5.94. The van der Waals surface area contributed by atoms with E-state index < -0.39 is 0 Å². The van der Waals surface area contributed by atoms with Crippen molar-refractivity contribution in [3.05, 3.63) is 29.6 Å². The van der Waals surface area contributed by atoms with Crippen molar-refractivity contribution in [1.82, 2.24) is 4.98 Å². The highest BCUT2D eigenvalue weighted by Gasteiger charge is 2.10. The second-order valence-electron chi connectivity index (χ2n) is 3.53. The van der Waals surface area contributed by atoms with Crippen LogP contribution in [0.1, 0.15) is 31.1 Å². The Morgan fingerprint density at radius 3 is 2.58 bits per heavy atom. The first-order valence-electron chi connectivity index (χ1n) is 4.29. The summed E-state index contributed by atoms with van der Waals surface area (Å²) in [5.41, 5.74) is 8.15. The van der Waals surface area contributed by atoms with Gasteiger partial charge in [0, 0.05) is 12.2 Å². The Morgan fingerprint density at radius 1 is 1.42 bits per heavy atom. The van der Waals surface area contributed by atoms with Crippen molar-refractivity contribution < 1.29 is 0 Å². The Labute approximate surface area is 73.8 Å². The van der Waals surface area contributed by atoms with Crippen molar-refractivity contribution in [2.24, 2.45) is 11.7 Å². The first-order valence-corrected chi connectivity index (χ1v) is 4.29. The van der Waals surface area contributed by atoms with Gasteiger partial charge < -0.3 is 5.73 Å². The molecule has 1 heterocycles. The van der Waals surface area contributed by atoms with E-state index in [-0.39, 0.29) is 6.04 Å². The zero-order valence-electron chi connectivity index (χ0n) is 7.91. The molecule has 0 unspecified atom stereocenters. The molecule has 2 nitrogen and oxygen atoms in total. The zero-order chi connectivity index (χ0) is 9.14. The van der Waals surface area contributed by atoms with Gasteiger partial charge in [0.15, 0.2) is 0 Å². The number of nitrogens with two attached hydrogens (primary N) is 1. The van der Waals surface area contributed by atoms with Crippen molar-refractivity contribution in [1.29, 1.82) is 0 Å². The molecular formula is C10H16N2. The summed E-state index contributed by atoms with van der Waals surface area (Å²) in [6.45, 7) is 6.27. The molecule has 0 aliphatic carbocycles. The molecule has 1 rings (SSSR count). The van der Waals surface area contributed by atoms with E-state index in [0.717, 1.165) is 5.69 Å². The molecule has 0 aliphatic rings. The quantitative estimate of drug-likeness (QED) is 0.726. The molecule has 0 saturated heterocycles. The van der Waals surface area contributed by atoms with Crippen molar-refractivity contribution in [3.8, 4) is 0 Å². The van der Waals surface area contributed by atoms with E-state index >= 15 is 0 Å². The maximum atomic E-state index is 5.94. The number of pyridine rings is 1. The summed E-state index contributed by atoms with van der Waals surface area (Å²) >= 11 is 0. The van der Waals surface area contributed by atoms with E-state index in [4.69, 9.17) is 5.73 Å². The number of hydrogen-bond acceptors (Lipinski definition) is 2. The topological polar surface area (TPSA) is 38.9 Å². The third kappa shape index (κ3) is 2.05. The lowest BCUT2D eigenvalue weighted by Gasteiger charge is -2.14. The number of aryl methyl sites for hydroxylation is 1. The second-order valence-corrected chi connectivity index (χ2v) is 3.53. The molecule has 0 radical (unpaired) electrons. The highest BCUT2D eigenvalue weighted by Crippen LogP contribution is 2.16. The molecule has 66 valence electrons. The molecule has 1 aromatic rings. The number of aromatic nitrogens is 1. The third-order valence-corrected chi connectivity index (χ3v) is 2.00. The van der Waals surface area contributed by atoms with E-state index in [1.54, 1.807) is 0 Å². The average molecular weight is 164 g/mol. The second kappa shape index (κ2) is 3.68. The van der Waals surface area contributed by atoms with Gasteiger partial charge in [-0.15, -0.1) is 0 Å². The number of hydrogen-bond donors (Lipinski definition) is 1. The average Bonchev–Trinajstić information content (AvgIpc) is 2.03. The van der Waals surface area contributed by atoms with Crippen LogP contribution in [0.2, 0.25) is 0 Å². The van der Waals surface area contributed by atoms with Gasteiger partial charge in [-0.2, -0.15) is 0 Å². The molecule has 0 aromatic carbocycles. The molecule has 0 bridgehead atoms. The van der Waals surface area contributed by atoms with Crippen LogP contribution in [0.5, 0.6) is 0 Å². The lowest BCUT2D eigenvalue weighted by Crippen LogP contribution is -2.17. The summed E-state index contributed by atoms with van der Waals surface area (Å²) in [7, 11) is 0. The van der Waals surface area contributed by atoms with Crippen molar-refractivity contribution in [3.63, 3.8) is 0 Å². The fraction of sp³-hybridized carbons (Fsp3) is 0.500. The van der Waals surface area contributed by atoms with Crippen LogP contribution in [0.15, 0.2) is 18.3 Å². The van der Waals surface area contributed by atoms with Gasteiger partial charge in [-0.25, -0.2) is 0 Å². The van der Waals surface area contributed by atoms with Gasteiger partial charge in [-0.05, 0) is 30.5 Å². The molecule has 0 aliphatic heterocycles. The van der Waals surface area contributed by atoms with Gasteiger partial charge >= 0.3 is 0 Å². The zero-order valence-corrected chi connectivity index (χ0v) is 7.91. The maximum Gasteiger partial charge on any atom is 0.0576 e. The Morgan fingerprint density at radius 2 is 2.08 bits per heavy atom. The van der Waals surface area contributed by atoms with Crippen LogP contribution in [0.25, 0.3) is 0 Å². The van der Waals surface area contributed by atoms with Crippen LogP contribution in [-0.2, 0) is 0 Å². The first-order chi connectivity index (χ1) is 5.61. The monoisotopic (exact) mass is 164 g/mol. The molecule has 12 heavy (non-hydrogen) atoms. The van der Waals surface area contributed by atoms with Crippen LogP contribution in [0, 0.1) is 12.8 Å². The molecule has 0 spiro atoms. The Hall–Kier alpha value is -0.890. The smallest absolute Gasteiger partial charge is 0.0576 e. The van der Waals surface area contributed by atoms with E-state index in [1.807, 2.05) is 18.3 Å². The third-order valence-electron chi connectivity index (χ3n) is 2.00. The predicted molar refractivity (Wildman–Crippen MR) is 50.7 cm³/mol. The van der Waals surface area contributed by atoms with E-state index in [1.165, 1.54) is 5.56 Å². The van der Waals surface area contributed by atoms with Crippen LogP contribution in [-0.4, -0.2) is 4.98 Å². The van der Waals surface area contributed by atoms with Gasteiger partial charge in [0.25, 0.3) is 0 Å². The molecule has 1 aromatic heterocycles. The summed E-state index contributed by atoms with van der Waals surface area (Å²) in [5, 5.41) is 0. The van der Waals surface area contributed by atoms with Gasteiger partial charge in [0.1, 0.15) is 0 Å².